The van der Waals surface area contributed by atoms with Gasteiger partial charge in [0.25, 0.3) is 11.6 Å². The predicted molar refractivity (Wildman–Crippen MR) is 152 cm³/mol. The number of amides is 3. The van der Waals surface area contributed by atoms with E-state index >= 15 is 0 Å². The summed E-state index contributed by atoms with van der Waals surface area (Å²) in [5, 5.41) is 19.2. The van der Waals surface area contributed by atoms with Gasteiger partial charge in [0.2, 0.25) is 0 Å². The molecule has 0 radical (unpaired) electrons. The van der Waals surface area contributed by atoms with Crippen molar-refractivity contribution < 1.29 is 19.2 Å². The van der Waals surface area contributed by atoms with Gasteiger partial charge in [-0.2, -0.15) is 0 Å². The third kappa shape index (κ3) is 6.75. The van der Waals surface area contributed by atoms with Gasteiger partial charge in [0.15, 0.2) is 0 Å². The van der Waals surface area contributed by atoms with E-state index in [-0.39, 0.29) is 11.6 Å². The molecule has 0 unspecified atom stereocenters. The second kappa shape index (κ2) is 12.6. The summed E-state index contributed by atoms with van der Waals surface area (Å²) in [4.78, 5) is 40.5. The van der Waals surface area contributed by atoms with Gasteiger partial charge in [-0.15, -0.1) is 0 Å². The van der Waals surface area contributed by atoms with E-state index in [1.54, 1.807) is 19.2 Å². The number of benzene rings is 3. The van der Waals surface area contributed by atoms with Crippen molar-refractivity contribution in [3.05, 3.63) is 82.4 Å². The Kier molecular flexibility index (Phi) is 8.82. The number of hydrogen-bond donors (Lipinski definition) is 3. The number of anilines is 4. The van der Waals surface area contributed by atoms with Crippen LogP contribution in [0.2, 0.25) is 0 Å². The molecule has 3 aromatic carbocycles. The lowest BCUT2D eigenvalue weighted by molar-refractivity contribution is -0.384. The van der Waals surface area contributed by atoms with Gasteiger partial charge in [0, 0.05) is 61.9 Å². The normalized spacial score (nSPS) is 13.0. The monoisotopic (exact) mass is 532 g/mol. The van der Waals surface area contributed by atoms with Crippen molar-refractivity contribution in [3.8, 4) is 5.75 Å². The van der Waals surface area contributed by atoms with E-state index in [4.69, 9.17) is 4.74 Å². The van der Waals surface area contributed by atoms with Crippen LogP contribution in [-0.2, 0) is 0 Å². The van der Waals surface area contributed by atoms with Crippen molar-refractivity contribution in [1.29, 1.82) is 0 Å². The average Bonchev–Trinajstić information content (AvgIpc) is 2.96. The molecule has 204 valence electrons. The van der Waals surface area contributed by atoms with Crippen LogP contribution in [0.15, 0.2) is 66.7 Å². The van der Waals surface area contributed by atoms with Gasteiger partial charge in [0.05, 0.1) is 23.3 Å². The number of ether oxygens (including phenoxy) is 1. The van der Waals surface area contributed by atoms with E-state index < -0.39 is 11.0 Å². The van der Waals surface area contributed by atoms with Crippen LogP contribution in [0.5, 0.6) is 5.75 Å². The van der Waals surface area contributed by atoms with Gasteiger partial charge in [-0.25, -0.2) is 4.79 Å². The molecule has 11 nitrogen and oxygen atoms in total. The number of nitro groups is 1. The van der Waals surface area contributed by atoms with Crippen molar-refractivity contribution in [1.82, 2.24) is 5.32 Å². The van der Waals surface area contributed by atoms with Crippen LogP contribution in [0.3, 0.4) is 0 Å². The number of methoxy groups -OCH3 is 1. The lowest BCUT2D eigenvalue weighted by Crippen LogP contribution is -2.47. The molecule has 3 amide bonds. The molecule has 0 saturated carbocycles. The number of para-hydroxylation sites is 2. The molecule has 0 spiro atoms. The zero-order valence-electron chi connectivity index (χ0n) is 22.0. The Labute approximate surface area is 226 Å². The summed E-state index contributed by atoms with van der Waals surface area (Å²) in [5.41, 5.74) is 3.10. The summed E-state index contributed by atoms with van der Waals surface area (Å²) in [6.45, 7) is 5.46. The Morgan fingerprint density at radius 1 is 0.897 bits per heavy atom. The first-order valence-electron chi connectivity index (χ1n) is 12.8. The summed E-state index contributed by atoms with van der Waals surface area (Å²) < 4.78 is 5.52. The lowest BCUT2D eigenvalue weighted by Gasteiger charge is -2.38. The largest absolute Gasteiger partial charge is 0.495 e. The molecule has 1 saturated heterocycles. The summed E-state index contributed by atoms with van der Waals surface area (Å²) in [6, 6.07) is 18.2. The summed E-state index contributed by atoms with van der Waals surface area (Å²) in [6.07, 6.45) is 0.800. The molecular weight excluding hydrogens is 500 g/mol. The minimum absolute atomic E-state index is 0.0666. The topological polar surface area (TPSA) is 129 Å². The highest BCUT2D eigenvalue weighted by Gasteiger charge is 2.24. The molecule has 1 fully saturated rings. The number of nitrogens with zero attached hydrogens (tertiary/aromatic N) is 3. The van der Waals surface area contributed by atoms with Crippen LogP contribution >= 0.6 is 0 Å². The predicted octanol–water partition coefficient (Wildman–Crippen LogP) is 4.71. The molecule has 39 heavy (non-hydrogen) atoms. The fourth-order valence-corrected chi connectivity index (χ4v) is 4.44. The number of rotatable bonds is 9. The lowest BCUT2D eigenvalue weighted by atomic mass is 10.1. The van der Waals surface area contributed by atoms with Gasteiger partial charge in [-0.1, -0.05) is 19.1 Å². The molecule has 0 aromatic heterocycles. The van der Waals surface area contributed by atoms with Crippen LogP contribution < -0.4 is 30.5 Å². The fraction of sp³-hybridized carbons (Fsp3) is 0.286. The van der Waals surface area contributed by atoms with Crippen molar-refractivity contribution >= 4 is 40.4 Å². The van der Waals surface area contributed by atoms with Gasteiger partial charge < -0.3 is 30.5 Å². The second-order valence-corrected chi connectivity index (χ2v) is 9.02. The van der Waals surface area contributed by atoms with Crippen molar-refractivity contribution in [2.45, 2.75) is 13.3 Å². The minimum atomic E-state index is -0.526. The Bertz CT molecular complexity index is 1320. The molecule has 1 heterocycles. The maximum atomic E-state index is 13.1. The molecule has 4 rings (SSSR count). The summed E-state index contributed by atoms with van der Waals surface area (Å²) in [5.74, 6) is 0.617. The first-order chi connectivity index (χ1) is 18.9. The number of carbonyl (C=O) groups excluding carboxylic acids is 2. The zero-order chi connectivity index (χ0) is 27.8. The summed E-state index contributed by atoms with van der Waals surface area (Å²) >= 11 is 0. The van der Waals surface area contributed by atoms with Crippen LogP contribution in [-0.4, -0.2) is 56.7 Å². The molecule has 0 atom stereocenters. The van der Waals surface area contributed by atoms with Gasteiger partial charge in [-0.3, -0.25) is 14.9 Å². The standard InChI is InChI=1S/C28H32N6O5/c1-3-14-29-27(35)23-19-21(31-28(36)30-20-8-11-22(12-9-20)34(37)38)10-13-24(23)32-15-17-33(18-16-32)25-6-4-5-7-26(25)39-2/h4-13,19H,3,14-18H2,1-2H3,(H,29,35)(H2,30,31,36). The van der Waals surface area contributed by atoms with Gasteiger partial charge >= 0.3 is 6.03 Å². The molecule has 0 aliphatic carbocycles. The maximum absolute atomic E-state index is 13.1. The number of non-ortho nitro benzene ring substituents is 1. The van der Waals surface area contributed by atoms with Crippen LogP contribution in [0.25, 0.3) is 0 Å². The molecule has 3 aromatic rings. The Balaban J connectivity index is 1.48. The third-order valence-corrected chi connectivity index (χ3v) is 6.42. The minimum Gasteiger partial charge on any atom is -0.495 e. The molecule has 3 N–H and O–H groups in total. The molecule has 0 bridgehead atoms. The van der Waals surface area contributed by atoms with E-state index in [0.717, 1.165) is 36.6 Å². The third-order valence-electron chi connectivity index (χ3n) is 6.42. The van der Waals surface area contributed by atoms with Crippen molar-refractivity contribution in [2.75, 3.05) is 60.3 Å². The summed E-state index contributed by atoms with van der Waals surface area (Å²) in [7, 11) is 1.66. The maximum Gasteiger partial charge on any atom is 0.323 e. The highest BCUT2D eigenvalue weighted by Crippen LogP contribution is 2.31. The van der Waals surface area contributed by atoms with Crippen molar-refractivity contribution in [2.24, 2.45) is 0 Å². The van der Waals surface area contributed by atoms with E-state index in [9.17, 15) is 19.7 Å². The highest BCUT2D eigenvalue weighted by atomic mass is 16.6. The zero-order valence-corrected chi connectivity index (χ0v) is 22.0. The first-order valence-corrected chi connectivity index (χ1v) is 12.8. The number of carbonyl (C=O) groups is 2. The Morgan fingerprint density at radius 3 is 2.15 bits per heavy atom. The number of piperazine rings is 1. The number of nitrogens with one attached hydrogen (secondary N) is 3. The average molecular weight is 533 g/mol. The fourth-order valence-electron chi connectivity index (χ4n) is 4.44. The first kappa shape index (κ1) is 27.2. The highest BCUT2D eigenvalue weighted by molar-refractivity contribution is 6.04. The van der Waals surface area contributed by atoms with Crippen LogP contribution in [0, 0.1) is 10.1 Å². The number of nitro benzene ring substituents is 1. The molecule has 11 heteroatoms. The molecule has 1 aliphatic heterocycles. The second-order valence-electron chi connectivity index (χ2n) is 9.02. The van der Waals surface area contributed by atoms with Gasteiger partial charge in [-0.05, 0) is 48.9 Å². The van der Waals surface area contributed by atoms with E-state index in [1.807, 2.05) is 37.3 Å². The van der Waals surface area contributed by atoms with E-state index in [1.165, 1.54) is 24.3 Å². The molecular formula is C28H32N6O5. The van der Waals surface area contributed by atoms with Gasteiger partial charge in [0.1, 0.15) is 5.75 Å². The number of hydrogen-bond acceptors (Lipinski definition) is 7. The van der Waals surface area contributed by atoms with Crippen LogP contribution in [0.4, 0.5) is 33.2 Å². The van der Waals surface area contributed by atoms with E-state index in [0.29, 0.717) is 36.6 Å². The quantitative estimate of drug-likeness (QED) is 0.269. The van der Waals surface area contributed by atoms with Crippen LogP contribution in [0.1, 0.15) is 23.7 Å². The Morgan fingerprint density at radius 2 is 1.51 bits per heavy atom. The van der Waals surface area contributed by atoms with Crippen molar-refractivity contribution in [3.63, 3.8) is 0 Å². The SMILES string of the molecule is CCCNC(=O)c1cc(NC(=O)Nc2ccc([N+](=O)[O-])cc2)ccc1N1CCN(c2ccccc2OC)CC1. The number of urea groups is 1. The van der Waals surface area contributed by atoms with E-state index in [2.05, 4.69) is 25.8 Å². The Hall–Kier alpha value is -4.80. The molecule has 1 aliphatic rings. The smallest absolute Gasteiger partial charge is 0.323 e.